The zero-order chi connectivity index (χ0) is 73.6. The number of likely N-dealkylation sites (N-methyl/N-ethyl adjacent to an activating group) is 2. The molecule has 12 bridgehead atoms. The van der Waals surface area contributed by atoms with Gasteiger partial charge < -0.3 is 89.9 Å². The molecule has 5 amide bonds. The van der Waals surface area contributed by atoms with Crippen LogP contribution in [0.4, 0.5) is 0 Å². The molecule has 104 heavy (non-hydrogen) atoms. The Morgan fingerprint density at radius 2 is 1.51 bits per heavy atom. The van der Waals surface area contributed by atoms with E-state index >= 15 is 19.2 Å². The van der Waals surface area contributed by atoms with Crippen molar-refractivity contribution >= 4 is 115 Å². The predicted octanol–water partition coefficient (Wildman–Crippen LogP) is 4.83. The predicted molar refractivity (Wildman–Crippen MR) is 380 cm³/mol. The third-order valence-corrected chi connectivity index (χ3v) is 23.0. The molecule has 0 saturated carbocycles. The average Bonchev–Trinajstić information content (AvgIpc) is 1.58. The number of fused-ring (bicyclic) bond motifs is 15. The summed E-state index contributed by atoms with van der Waals surface area (Å²) in [6.07, 6.45) is -6.69. The van der Waals surface area contributed by atoms with E-state index in [1.807, 2.05) is 0 Å². The fraction of sp³-hybridized carbons (Fsp3) is 0.448. The summed E-state index contributed by atoms with van der Waals surface area (Å²) in [5.74, 6) is -5.84. The second kappa shape index (κ2) is 30.7. The number of aromatic nitrogens is 7. The summed E-state index contributed by atoms with van der Waals surface area (Å²) in [5, 5.41) is 57.9. The number of esters is 2. The minimum absolute atomic E-state index is 0.0111. The second-order valence-electron chi connectivity index (χ2n) is 26.0. The lowest BCUT2D eigenvalue weighted by Crippen LogP contribution is -2.62. The molecule has 13 rings (SSSR count). The molecular weight excluding hydrogens is 1450 g/mol. The molecule has 7 aromatic heterocycles. The van der Waals surface area contributed by atoms with Crippen molar-refractivity contribution in [2.45, 2.75) is 114 Å². The van der Waals surface area contributed by atoms with Crippen LogP contribution in [0.3, 0.4) is 0 Å². The van der Waals surface area contributed by atoms with Gasteiger partial charge in [0.15, 0.2) is 18.1 Å². The van der Waals surface area contributed by atoms with Gasteiger partial charge in [-0.1, -0.05) is 12.1 Å². The first-order valence-corrected chi connectivity index (χ1v) is 37.5. The maximum absolute atomic E-state index is 15.2. The largest absolute Gasteiger partial charge is 0.499 e. The quantitative estimate of drug-likeness (QED) is 0.0351. The Morgan fingerprint density at radius 1 is 0.827 bits per heavy atom. The highest BCUT2D eigenvalue weighted by Crippen LogP contribution is 2.43. The molecule has 2 saturated heterocycles. The number of carbonyl (C=O) groups excluding carboxylic acids is 7. The molecule has 10 atom stereocenters. The molecule has 37 heteroatoms. The van der Waals surface area contributed by atoms with Gasteiger partial charge in [0.2, 0.25) is 5.91 Å². The lowest BCUT2D eigenvalue weighted by molar-refractivity contribution is -0.280. The van der Waals surface area contributed by atoms with Crippen LogP contribution in [-0.2, 0) is 51.2 Å². The number of benzene rings is 1. The zero-order valence-electron chi connectivity index (χ0n) is 57.7. The molecule has 8 N–H and O–H groups in total. The minimum atomic E-state index is -1.90. The number of hydrogen-bond acceptors (Lipinski definition) is 31. The maximum Gasteiger partial charge on any atom is 0.358 e. The highest BCUT2D eigenvalue weighted by molar-refractivity contribution is 7.14. The second-order valence-corrected chi connectivity index (χ2v) is 30.3. The van der Waals surface area contributed by atoms with Crippen LogP contribution in [0.25, 0.3) is 49.3 Å². The molecule has 5 aliphatic heterocycles. The number of aliphatic hydroxyl groups excluding tert-OH is 1. The van der Waals surface area contributed by atoms with E-state index in [1.165, 1.54) is 50.3 Å². The van der Waals surface area contributed by atoms with Gasteiger partial charge in [-0.3, -0.25) is 24.0 Å². The van der Waals surface area contributed by atoms with Crippen LogP contribution in [0, 0.1) is 0 Å². The van der Waals surface area contributed by atoms with Gasteiger partial charge in [0.1, 0.15) is 120 Å². The normalized spacial score (nSPS) is 24.7. The number of ether oxygens (including phenoxy) is 7. The summed E-state index contributed by atoms with van der Waals surface area (Å²) in [6, 6.07) is 1.23. The number of piperazine rings is 1. The number of hydrogen-bond donors (Lipinski definition) is 8. The van der Waals surface area contributed by atoms with Crippen LogP contribution < -0.4 is 31.3 Å². The average molecular weight is 1520 g/mol. The standard InChI is InChI=1S/C67H75N15O17S5/c1-30(83)46-59(88)77-47(31(2)93-8)62-73-41(29-102-62)58(87)78-50-52-53(99-44-21-67(4,91)54(79(5)6)32(3)98-44)66(90)96-22-33-12-10-13-42-45(33)35(23-95-52)51(82(42)92)65(89)97-24-36(69-56(85)39-28-104-64(50)74-39)61-70-37(25-101-61)48-34(60-71-40(27-100-60)57(86)76-46)20-43(94-9)49(75-48)63-72-38(26-103-63)55(84)68-14-11-15-81-18-16-80(7)17-19-81/h10,12-13,20,25-30,32,36,44,46,50,52-54,83,91-92H,11,14-19,21-24H2,1-9H3,(H,68,84)(H,69,85)(H,76,86)(H,77,88)(H,78,87)/b47-31+. The molecule has 1 aromatic carbocycles. The van der Waals surface area contributed by atoms with Crippen molar-refractivity contribution in [1.82, 2.24) is 75.9 Å². The Hall–Kier alpha value is -8.83. The number of amides is 5. The van der Waals surface area contributed by atoms with E-state index in [0.717, 1.165) is 95.8 Å². The van der Waals surface area contributed by atoms with Crippen LogP contribution in [0.2, 0.25) is 0 Å². The van der Waals surface area contributed by atoms with Gasteiger partial charge in [-0.25, -0.2) is 39.5 Å². The molecule has 8 aromatic rings. The molecule has 0 spiro atoms. The summed E-state index contributed by atoms with van der Waals surface area (Å²) in [5.41, 5.74) is -1.30. The number of nitrogens with zero attached hydrogens (tertiary/aromatic N) is 10. The van der Waals surface area contributed by atoms with Gasteiger partial charge in [0, 0.05) is 82.6 Å². The van der Waals surface area contributed by atoms with Crippen molar-refractivity contribution in [1.29, 1.82) is 0 Å². The van der Waals surface area contributed by atoms with Gasteiger partial charge in [-0.2, -0.15) is 4.73 Å². The van der Waals surface area contributed by atoms with Crippen molar-refractivity contribution in [2.75, 3.05) is 81.2 Å². The smallest absolute Gasteiger partial charge is 0.358 e. The van der Waals surface area contributed by atoms with Gasteiger partial charge in [-0.15, -0.1) is 56.7 Å². The molecule has 0 radical (unpaired) electrons. The van der Waals surface area contributed by atoms with Gasteiger partial charge in [0.05, 0.1) is 50.2 Å². The molecular formula is C67H75N15O17S5. The summed E-state index contributed by atoms with van der Waals surface area (Å²) in [4.78, 5) is 139. The third kappa shape index (κ3) is 15.1. The van der Waals surface area contributed by atoms with Crippen molar-refractivity contribution in [2.24, 2.45) is 0 Å². The Labute approximate surface area is 614 Å². The first-order chi connectivity index (χ1) is 49.9. The maximum atomic E-state index is 15.2. The first kappa shape index (κ1) is 73.5. The van der Waals surface area contributed by atoms with E-state index in [9.17, 15) is 29.8 Å². The van der Waals surface area contributed by atoms with Gasteiger partial charge in [0.25, 0.3) is 23.6 Å². The Bertz CT molecular complexity index is 4650. The van der Waals surface area contributed by atoms with Crippen molar-refractivity contribution in [3.05, 3.63) is 112 Å². The van der Waals surface area contributed by atoms with E-state index in [0.29, 0.717) is 16.8 Å². The highest BCUT2D eigenvalue weighted by atomic mass is 32.1. The number of rotatable bonds is 12. The van der Waals surface area contributed by atoms with Gasteiger partial charge >= 0.3 is 11.9 Å². The van der Waals surface area contributed by atoms with Crippen LogP contribution >= 0.6 is 56.7 Å². The molecule has 2 fully saturated rings. The Kier molecular flexibility index (Phi) is 21.7. The molecule has 550 valence electrons. The van der Waals surface area contributed by atoms with Gasteiger partial charge in [-0.05, 0) is 79.5 Å². The topological polar surface area (TPSA) is 397 Å². The molecule has 32 nitrogen and oxygen atoms in total. The lowest BCUT2D eigenvalue weighted by atomic mass is 9.85. The minimum Gasteiger partial charge on any atom is -0.499 e. The summed E-state index contributed by atoms with van der Waals surface area (Å²) in [6.45, 7) is 9.51. The highest BCUT2D eigenvalue weighted by Gasteiger charge is 2.50. The fourth-order valence-corrected chi connectivity index (χ4v) is 17.5. The number of thiazole rings is 5. The summed E-state index contributed by atoms with van der Waals surface area (Å²) < 4.78 is 44.5. The van der Waals surface area contributed by atoms with E-state index in [4.69, 9.17) is 58.1 Å². The fourth-order valence-electron chi connectivity index (χ4n) is 13.3. The van der Waals surface area contributed by atoms with Crippen molar-refractivity contribution < 1.29 is 82.1 Å². The van der Waals surface area contributed by atoms with Crippen LogP contribution in [-0.4, -0.2) is 236 Å². The van der Waals surface area contributed by atoms with E-state index in [-0.39, 0.29) is 111 Å². The number of nitrogens with one attached hydrogen (secondary N) is 5. The first-order valence-electron chi connectivity index (χ1n) is 33.1. The number of cyclic esters (lactones) is 2. The molecule has 10 unspecified atom stereocenters. The SMILES string of the molecule is CO/C(C)=C1/NC(=O)C(C(C)O)NC(=O)c2csc(n2)-c2cc(OC)c(-c3nc(C(=O)NCCCN4CCN(C)CC4)cs3)nc2-c2csc(n2)C2COC(=O)c3c4c5c(cccc5n3O)COC(=O)C(OC3CC(C)(O)C(N(C)C)C(C)O3)C(OC4)C(NC(=O)c3csc1n3)c1nc(cs1)C(=O)N2. The number of pyridine rings is 1. The number of carbonyl (C=O) groups is 7. The Morgan fingerprint density at radius 3 is 2.24 bits per heavy atom. The molecule has 0 aliphatic carbocycles. The van der Waals surface area contributed by atoms with E-state index < -0.39 is 127 Å². The third-order valence-electron chi connectivity index (χ3n) is 18.5. The molecule has 5 aliphatic rings. The lowest BCUT2D eigenvalue weighted by Gasteiger charge is -2.48. The number of methoxy groups -OCH3 is 2. The van der Waals surface area contributed by atoms with Crippen molar-refractivity contribution in [3.63, 3.8) is 0 Å². The zero-order valence-corrected chi connectivity index (χ0v) is 61.8. The summed E-state index contributed by atoms with van der Waals surface area (Å²) in [7, 11) is 8.41. The summed E-state index contributed by atoms with van der Waals surface area (Å²) >= 11 is 4.99. The number of allylic oxidation sites excluding steroid dienone is 1. The Balaban J connectivity index is 0.951. The van der Waals surface area contributed by atoms with Crippen LogP contribution in [0.15, 0.2) is 56.9 Å². The van der Waals surface area contributed by atoms with E-state index in [2.05, 4.69) is 48.4 Å². The monoisotopic (exact) mass is 1520 g/mol. The van der Waals surface area contributed by atoms with Crippen molar-refractivity contribution in [3.8, 4) is 38.4 Å². The van der Waals surface area contributed by atoms with E-state index in [1.54, 1.807) is 61.8 Å². The van der Waals surface area contributed by atoms with Crippen LogP contribution in [0.1, 0.15) is 131 Å². The number of aliphatic hydroxyl groups is 2. The van der Waals surface area contributed by atoms with Crippen LogP contribution in [0.5, 0.6) is 5.75 Å². The molecule has 12 heterocycles.